The molecule has 2 aliphatic carbocycles. The quantitative estimate of drug-likeness (QED) is 0.477. The Kier molecular flexibility index (Phi) is 6.22. The minimum absolute atomic E-state index is 0.0783. The summed E-state index contributed by atoms with van der Waals surface area (Å²) in [7, 11) is 1.88. The molecule has 2 aromatic carbocycles. The van der Waals surface area contributed by atoms with Crippen LogP contribution in [0.5, 0.6) is 0 Å². The molecule has 0 bridgehead atoms. The van der Waals surface area contributed by atoms with Crippen LogP contribution in [0.25, 0.3) is 0 Å². The maximum atomic E-state index is 14.4. The van der Waals surface area contributed by atoms with E-state index in [0.29, 0.717) is 49.3 Å². The molecule has 7 rings (SSSR count). The summed E-state index contributed by atoms with van der Waals surface area (Å²) in [4.78, 5) is 48.7. The van der Waals surface area contributed by atoms with Crippen LogP contribution < -0.4 is 10.6 Å². The van der Waals surface area contributed by atoms with Gasteiger partial charge in [0.05, 0.1) is 11.0 Å². The van der Waals surface area contributed by atoms with Crippen molar-refractivity contribution in [1.82, 2.24) is 14.8 Å². The highest BCUT2D eigenvalue weighted by Crippen LogP contribution is 2.48. The van der Waals surface area contributed by atoms with Gasteiger partial charge < -0.3 is 15.5 Å². The van der Waals surface area contributed by atoms with E-state index in [2.05, 4.69) is 15.6 Å². The molecule has 2 aliphatic heterocycles. The van der Waals surface area contributed by atoms with Crippen molar-refractivity contribution in [2.24, 2.45) is 0 Å². The Morgan fingerprint density at radius 2 is 1.74 bits per heavy atom. The fraction of sp³-hybridized carbons (Fsp3) is 0.394. The summed E-state index contributed by atoms with van der Waals surface area (Å²) < 4.78 is 28.8. The molecule has 2 N–H and O–H groups in total. The fourth-order valence-electron chi connectivity index (χ4n) is 7.94. The highest BCUT2D eigenvalue weighted by atomic mass is 19.1. The topological polar surface area (TPSA) is 94.6 Å². The molecule has 3 aromatic rings. The molecule has 0 unspecified atom stereocenters. The van der Waals surface area contributed by atoms with Gasteiger partial charge in [-0.2, -0.15) is 0 Å². The van der Waals surface area contributed by atoms with Gasteiger partial charge in [-0.25, -0.2) is 13.8 Å². The summed E-state index contributed by atoms with van der Waals surface area (Å²) in [6.45, 7) is 1.82. The molecule has 1 saturated heterocycles. The summed E-state index contributed by atoms with van der Waals surface area (Å²) in [6.07, 6.45) is 5.83. The number of carbonyl (C=O) groups is 3. The molecule has 222 valence electrons. The summed E-state index contributed by atoms with van der Waals surface area (Å²) in [5.74, 6) is -1.56. The zero-order valence-electron chi connectivity index (χ0n) is 24.2. The van der Waals surface area contributed by atoms with Crippen molar-refractivity contribution in [1.29, 1.82) is 0 Å². The molecule has 1 saturated carbocycles. The third kappa shape index (κ3) is 4.17. The van der Waals surface area contributed by atoms with E-state index in [1.807, 2.05) is 36.2 Å². The van der Waals surface area contributed by atoms with Crippen LogP contribution >= 0.6 is 0 Å². The number of aromatic nitrogens is 1. The Hall–Kier alpha value is -4.18. The number of nitrogens with one attached hydrogen (secondary N) is 2. The molecule has 0 radical (unpaired) electrons. The minimum Gasteiger partial charge on any atom is -0.325 e. The average Bonchev–Trinajstić information content (AvgIpc) is 3.67. The Balaban J connectivity index is 1.16. The monoisotopic (exact) mass is 584 g/mol. The number of nitrogens with zero attached hydrogens (tertiary/aromatic N) is 3. The van der Waals surface area contributed by atoms with Crippen LogP contribution in [0.2, 0.25) is 0 Å². The highest BCUT2D eigenvalue weighted by molar-refractivity contribution is 6.06. The van der Waals surface area contributed by atoms with Gasteiger partial charge in [-0.15, -0.1) is 0 Å². The molecule has 3 heterocycles. The molecule has 1 aromatic heterocycles. The molecule has 2 spiro atoms. The van der Waals surface area contributed by atoms with Gasteiger partial charge in [0.25, 0.3) is 0 Å². The van der Waals surface area contributed by atoms with Gasteiger partial charge in [0, 0.05) is 30.1 Å². The number of halogens is 2. The van der Waals surface area contributed by atoms with Crippen LogP contribution in [0.15, 0.2) is 54.7 Å². The van der Waals surface area contributed by atoms with E-state index in [0.717, 1.165) is 35.6 Å². The normalized spacial score (nSPS) is 25.7. The van der Waals surface area contributed by atoms with Gasteiger partial charge in [-0.05, 0) is 86.7 Å². The van der Waals surface area contributed by atoms with Crippen LogP contribution in [0.4, 0.5) is 20.3 Å². The van der Waals surface area contributed by atoms with E-state index in [4.69, 9.17) is 0 Å². The van der Waals surface area contributed by atoms with Gasteiger partial charge in [0.2, 0.25) is 17.7 Å². The van der Waals surface area contributed by atoms with Gasteiger partial charge in [-0.3, -0.25) is 19.3 Å². The lowest BCUT2D eigenvalue weighted by Gasteiger charge is -2.55. The lowest BCUT2D eigenvalue weighted by Crippen LogP contribution is -2.71. The first-order valence-electron chi connectivity index (χ1n) is 14.7. The molecular formula is C33H33F2N5O3. The predicted octanol–water partition coefficient (Wildman–Crippen LogP) is 4.29. The van der Waals surface area contributed by atoms with E-state index >= 15 is 0 Å². The second kappa shape index (κ2) is 9.67. The predicted molar refractivity (Wildman–Crippen MR) is 156 cm³/mol. The first kappa shape index (κ1) is 27.6. The third-order valence-corrected chi connectivity index (χ3v) is 10.2. The number of rotatable bonds is 4. The first-order chi connectivity index (χ1) is 20.5. The van der Waals surface area contributed by atoms with Gasteiger partial charge in [-0.1, -0.05) is 25.0 Å². The maximum Gasteiger partial charge on any atom is 0.244 e. The van der Waals surface area contributed by atoms with Gasteiger partial charge in [0.15, 0.2) is 0 Å². The average molecular weight is 585 g/mol. The molecule has 8 nitrogen and oxygen atoms in total. The molecule has 2 atom stereocenters. The summed E-state index contributed by atoms with van der Waals surface area (Å²) >= 11 is 0. The highest BCUT2D eigenvalue weighted by Gasteiger charge is 2.57. The number of carbonyl (C=O) groups excluding carboxylic acids is 3. The molecular weight excluding hydrogens is 551 g/mol. The molecule has 2 fully saturated rings. The Morgan fingerprint density at radius 3 is 2.49 bits per heavy atom. The number of likely N-dealkylation sites (N-methyl/N-ethyl adjacent to an activating group) is 1. The zero-order valence-corrected chi connectivity index (χ0v) is 24.2. The van der Waals surface area contributed by atoms with Crippen LogP contribution in [-0.2, 0) is 38.2 Å². The zero-order chi connectivity index (χ0) is 30.1. The van der Waals surface area contributed by atoms with Gasteiger partial charge >= 0.3 is 0 Å². The van der Waals surface area contributed by atoms with E-state index in [9.17, 15) is 23.2 Å². The van der Waals surface area contributed by atoms with Crippen LogP contribution in [0, 0.1) is 11.6 Å². The SMILES string of the molecule is C[C@@]1(c2cc(F)cc(F)c2)CN([11CH3])C2(CCCC2)C(=O)N1CC(=O)Nc1ccc2c(c1)C[C@@]1(C2)C(=O)Nc2ncccc21. The fourth-order valence-corrected chi connectivity index (χ4v) is 7.94. The Labute approximate surface area is 248 Å². The van der Waals surface area contributed by atoms with E-state index < -0.39 is 34.0 Å². The number of amides is 3. The molecule has 10 heteroatoms. The van der Waals surface area contributed by atoms with Crippen molar-refractivity contribution in [2.45, 2.75) is 61.9 Å². The van der Waals surface area contributed by atoms with Crippen LogP contribution in [0.3, 0.4) is 0 Å². The van der Waals surface area contributed by atoms with Crippen molar-refractivity contribution in [3.63, 3.8) is 0 Å². The number of fused-ring (bicyclic) bond motifs is 3. The Morgan fingerprint density at radius 1 is 1.02 bits per heavy atom. The Bertz CT molecular complexity index is 1670. The third-order valence-electron chi connectivity index (χ3n) is 10.2. The van der Waals surface area contributed by atoms with Crippen molar-refractivity contribution >= 4 is 29.2 Å². The van der Waals surface area contributed by atoms with Crippen molar-refractivity contribution in [3.05, 3.63) is 88.6 Å². The molecule has 4 aliphatic rings. The van der Waals surface area contributed by atoms with Crippen molar-refractivity contribution in [3.8, 4) is 0 Å². The van der Waals surface area contributed by atoms with Crippen molar-refractivity contribution < 1.29 is 23.2 Å². The van der Waals surface area contributed by atoms with E-state index in [1.54, 1.807) is 19.2 Å². The summed E-state index contributed by atoms with van der Waals surface area (Å²) in [5, 5.41) is 5.85. The number of hydrogen-bond donors (Lipinski definition) is 2. The number of benzene rings is 2. The van der Waals surface area contributed by atoms with E-state index in [-0.39, 0.29) is 18.4 Å². The minimum atomic E-state index is -1.14. The summed E-state index contributed by atoms with van der Waals surface area (Å²) in [6, 6.07) is 12.7. The van der Waals surface area contributed by atoms with Crippen LogP contribution in [0.1, 0.15) is 54.9 Å². The number of anilines is 2. The molecule has 3 amide bonds. The lowest BCUT2D eigenvalue weighted by atomic mass is 9.78. The second-order valence-electron chi connectivity index (χ2n) is 12.7. The largest absolute Gasteiger partial charge is 0.325 e. The smallest absolute Gasteiger partial charge is 0.244 e. The summed E-state index contributed by atoms with van der Waals surface area (Å²) in [5.41, 5.74) is 1.14. The van der Waals surface area contributed by atoms with Gasteiger partial charge in [0.1, 0.15) is 29.5 Å². The lowest BCUT2D eigenvalue weighted by molar-refractivity contribution is -0.164. The standard InChI is InChI=1S/C33H33F2N5O3/c1-31(22-13-23(34)15-24(35)14-22)19-39(2)33(9-3-4-10-33)30(43)40(31)18-27(41)37-25-8-7-20-16-32(17-21(20)12-25)26-6-5-11-36-28(26)38-29(32)42/h5-8,11-15H,3-4,9-10,16-19H2,1-2H3,(H,37,41)(H,36,38,42)/t31-,32+/m0/s1/i2-1. The number of pyridine rings is 1. The van der Waals surface area contributed by atoms with Crippen LogP contribution in [-0.4, -0.2) is 58.2 Å². The van der Waals surface area contributed by atoms with Crippen molar-refractivity contribution in [2.75, 3.05) is 30.8 Å². The number of hydrogen-bond acceptors (Lipinski definition) is 5. The second-order valence-corrected chi connectivity index (χ2v) is 12.7. The first-order valence-corrected chi connectivity index (χ1v) is 14.7. The maximum absolute atomic E-state index is 14.4. The molecule has 43 heavy (non-hydrogen) atoms. The number of piperazine rings is 1. The van der Waals surface area contributed by atoms with E-state index in [1.165, 1.54) is 17.0 Å².